The van der Waals surface area contributed by atoms with Gasteiger partial charge in [0.2, 0.25) is 0 Å². The maximum atomic E-state index is 8.90. The van der Waals surface area contributed by atoms with Gasteiger partial charge in [-0.3, -0.25) is 0 Å². The Morgan fingerprint density at radius 1 is 1.43 bits per heavy atom. The highest BCUT2D eigenvalue weighted by molar-refractivity contribution is 6.35. The van der Waals surface area contributed by atoms with Crippen LogP contribution in [0.25, 0.3) is 0 Å². The van der Waals surface area contributed by atoms with Crippen LogP contribution in [-0.2, 0) is 11.3 Å². The van der Waals surface area contributed by atoms with Gasteiger partial charge in [0.15, 0.2) is 0 Å². The number of aromatic nitrogens is 2. The lowest BCUT2D eigenvalue weighted by molar-refractivity contribution is -0.742. The molecular weight excluding hydrogens is 349 g/mol. The molecule has 1 unspecified atom stereocenters. The fourth-order valence-corrected chi connectivity index (χ4v) is 2.31. The molecule has 23 heavy (non-hydrogen) atoms. The Balaban J connectivity index is 0.000000593. The first-order chi connectivity index (χ1) is 10.9. The Kier molecular flexibility index (Phi) is 8.35. The summed E-state index contributed by atoms with van der Waals surface area (Å²) in [6.07, 6.45) is 5.00. The van der Waals surface area contributed by atoms with Crippen molar-refractivity contribution in [3.63, 3.8) is 0 Å². The first kappa shape index (κ1) is 19.2. The second-order valence-corrected chi connectivity index (χ2v) is 5.09. The summed E-state index contributed by atoms with van der Waals surface area (Å²) in [5, 5.41) is 23.7. The minimum Gasteiger partial charge on any atom is -0.394 e. The molecule has 0 aliphatic heterocycles. The first-order valence-electron chi connectivity index (χ1n) is 6.40. The van der Waals surface area contributed by atoms with Gasteiger partial charge < -0.3 is 19.6 Å². The topological polar surface area (TPSA) is 111 Å². The van der Waals surface area contributed by atoms with Gasteiger partial charge in [-0.15, -0.1) is 10.1 Å². The van der Waals surface area contributed by atoms with Gasteiger partial charge >= 0.3 is 0 Å². The fourth-order valence-electron chi connectivity index (χ4n) is 1.78. The first-order valence-corrected chi connectivity index (χ1v) is 7.16. The van der Waals surface area contributed by atoms with E-state index in [-0.39, 0.29) is 19.3 Å². The van der Waals surface area contributed by atoms with E-state index in [4.69, 9.17) is 48.4 Å². The standard InChI is InChI=1S/C13H14Cl2N2O2.HNO3/c14-10-1-2-11(12(15)7-10)13(19-6-5-18)8-17-4-3-16-9-17;2-1(3)4/h1-4,7,9,13,18H,5-6,8H2;(H,2,3,4). The summed E-state index contributed by atoms with van der Waals surface area (Å²) < 4.78 is 7.54. The highest BCUT2D eigenvalue weighted by Crippen LogP contribution is 2.29. The largest absolute Gasteiger partial charge is 0.394 e. The van der Waals surface area contributed by atoms with Crippen molar-refractivity contribution < 1.29 is 20.1 Å². The van der Waals surface area contributed by atoms with Gasteiger partial charge in [0, 0.05) is 28.0 Å². The normalized spacial score (nSPS) is 11.4. The molecule has 1 aromatic carbocycles. The molecule has 1 aromatic heterocycles. The van der Waals surface area contributed by atoms with Crippen LogP contribution in [0.5, 0.6) is 0 Å². The SMILES string of the molecule is O=[N+]([O-])O.OCCOC(Cn1ccnc1)c1ccc(Cl)cc1Cl. The van der Waals surface area contributed by atoms with E-state index in [1.54, 1.807) is 24.7 Å². The molecule has 1 atom stereocenters. The van der Waals surface area contributed by atoms with Crippen molar-refractivity contribution >= 4 is 23.2 Å². The average Bonchev–Trinajstić information content (AvgIpc) is 2.96. The van der Waals surface area contributed by atoms with Crippen molar-refractivity contribution in [2.24, 2.45) is 0 Å². The molecule has 0 saturated carbocycles. The van der Waals surface area contributed by atoms with Crippen molar-refractivity contribution in [1.82, 2.24) is 9.55 Å². The van der Waals surface area contributed by atoms with Gasteiger partial charge in [-0.25, -0.2) is 4.98 Å². The number of nitrogens with zero attached hydrogens (tertiary/aromatic N) is 3. The smallest absolute Gasteiger partial charge is 0.291 e. The monoisotopic (exact) mass is 363 g/mol. The van der Waals surface area contributed by atoms with Gasteiger partial charge in [0.1, 0.15) is 6.10 Å². The summed E-state index contributed by atoms with van der Waals surface area (Å²) in [6, 6.07) is 5.29. The molecule has 2 aromatic rings. The Bertz CT molecular complexity index is 606. The van der Waals surface area contributed by atoms with Gasteiger partial charge in [0.05, 0.1) is 26.1 Å². The minimum absolute atomic E-state index is 0.0361. The van der Waals surface area contributed by atoms with E-state index in [1.165, 1.54) is 0 Å². The molecule has 0 bridgehead atoms. The van der Waals surface area contributed by atoms with Gasteiger partial charge in [-0.1, -0.05) is 29.3 Å². The van der Waals surface area contributed by atoms with E-state index < -0.39 is 5.09 Å². The second-order valence-electron chi connectivity index (χ2n) is 4.25. The van der Waals surface area contributed by atoms with Crippen molar-refractivity contribution in [3.8, 4) is 0 Å². The van der Waals surface area contributed by atoms with E-state index in [2.05, 4.69) is 4.98 Å². The van der Waals surface area contributed by atoms with Gasteiger partial charge in [-0.2, -0.15) is 0 Å². The number of halogens is 2. The van der Waals surface area contributed by atoms with Crippen LogP contribution in [0.1, 0.15) is 11.7 Å². The maximum Gasteiger partial charge on any atom is 0.291 e. The third kappa shape index (κ3) is 7.29. The Labute approximate surface area is 142 Å². The summed E-state index contributed by atoms with van der Waals surface area (Å²) in [5.74, 6) is 0. The van der Waals surface area contributed by atoms with Crippen LogP contribution in [0.4, 0.5) is 0 Å². The van der Waals surface area contributed by atoms with Crippen molar-refractivity contribution in [1.29, 1.82) is 0 Å². The molecule has 10 heteroatoms. The Hall–Kier alpha value is -1.87. The van der Waals surface area contributed by atoms with Gasteiger partial charge in [-0.05, 0) is 12.1 Å². The Morgan fingerprint density at radius 3 is 2.65 bits per heavy atom. The van der Waals surface area contributed by atoms with Crippen LogP contribution in [0.2, 0.25) is 10.0 Å². The number of aliphatic hydroxyl groups excluding tert-OH is 1. The fraction of sp³-hybridized carbons (Fsp3) is 0.308. The molecule has 0 amide bonds. The molecule has 2 N–H and O–H groups in total. The van der Waals surface area contributed by atoms with Gasteiger partial charge in [0.25, 0.3) is 5.09 Å². The lowest BCUT2D eigenvalue weighted by atomic mass is 10.1. The van der Waals surface area contributed by atoms with Crippen LogP contribution < -0.4 is 0 Å². The van der Waals surface area contributed by atoms with E-state index in [1.807, 2.05) is 16.8 Å². The highest BCUT2D eigenvalue weighted by Gasteiger charge is 2.16. The van der Waals surface area contributed by atoms with Crippen LogP contribution in [0.3, 0.4) is 0 Å². The van der Waals surface area contributed by atoms with Crippen molar-refractivity contribution in [2.45, 2.75) is 12.6 Å². The van der Waals surface area contributed by atoms with E-state index in [9.17, 15) is 0 Å². The predicted molar refractivity (Wildman–Crippen MR) is 83.2 cm³/mol. The molecule has 0 radical (unpaired) electrons. The minimum atomic E-state index is -1.50. The average molecular weight is 364 g/mol. The van der Waals surface area contributed by atoms with Crippen LogP contribution in [0.15, 0.2) is 36.9 Å². The molecule has 8 nitrogen and oxygen atoms in total. The molecule has 126 valence electrons. The van der Waals surface area contributed by atoms with E-state index in [0.29, 0.717) is 16.6 Å². The maximum absolute atomic E-state index is 8.90. The molecule has 0 aliphatic carbocycles. The lowest BCUT2D eigenvalue weighted by Gasteiger charge is -2.19. The second kappa shape index (κ2) is 10.0. The molecule has 0 spiro atoms. The number of aliphatic hydroxyl groups is 1. The highest BCUT2D eigenvalue weighted by atomic mass is 35.5. The molecule has 0 saturated heterocycles. The van der Waals surface area contributed by atoms with Crippen molar-refractivity contribution in [3.05, 3.63) is 62.6 Å². The van der Waals surface area contributed by atoms with E-state index in [0.717, 1.165) is 5.56 Å². The summed E-state index contributed by atoms with van der Waals surface area (Å²) in [4.78, 5) is 12.4. The number of hydrogen-bond acceptors (Lipinski definition) is 5. The van der Waals surface area contributed by atoms with Crippen LogP contribution in [0, 0.1) is 10.1 Å². The Morgan fingerprint density at radius 2 is 2.13 bits per heavy atom. The summed E-state index contributed by atoms with van der Waals surface area (Å²) >= 11 is 12.1. The number of benzene rings is 1. The predicted octanol–water partition coefficient (Wildman–Crippen LogP) is 2.59. The molecule has 1 heterocycles. The molecular formula is C13H15Cl2N3O5. The number of hydrogen-bond donors (Lipinski definition) is 2. The molecule has 0 aliphatic rings. The third-order valence-electron chi connectivity index (χ3n) is 2.66. The quantitative estimate of drug-likeness (QED) is 0.602. The van der Waals surface area contributed by atoms with Crippen LogP contribution >= 0.6 is 23.2 Å². The summed E-state index contributed by atoms with van der Waals surface area (Å²) in [7, 11) is 0. The van der Waals surface area contributed by atoms with Crippen molar-refractivity contribution in [2.75, 3.05) is 13.2 Å². The number of rotatable bonds is 6. The number of imidazole rings is 1. The lowest BCUT2D eigenvalue weighted by Crippen LogP contribution is -2.14. The zero-order chi connectivity index (χ0) is 17.2. The van der Waals surface area contributed by atoms with E-state index >= 15 is 0 Å². The third-order valence-corrected chi connectivity index (χ3v) is 3.22. The molecule has 2 rings (SSSR count). The van der Waals surface area contributed by atoms with Crippen LogP contribution in [-0.4, -0.2) is 38.2 Å². The summed E-state index contributed by atoms with van der Waals surface area (Å²) in [6.45, 7) is 0.783. The zero-order valence-corrected chi connectivity index (χ0v) is 13.4. The summed E-state index contributed by atoms with van der Waals surface area (Å²) in [5.41, 5.74) is 0.841. The number of ether oxygens (including phenoxy) is 1. The molecule has 0 fully saturated rings. The zero-order valence-electron chi connectivity index (χ0n) is 11.9.